The van der Waals surface area contributed by atoms with E-state index in [-0.39, 0.29) is 6.15 Å². The highest BCUT2D eigenvalue weighted by Crippen LogP contribution is 2.26. The van der Waals surface area contributed by atoms with Gasteiger partial charge in [-0.05, 0) is 6.42 Å². The van der Waals surface area contributed by atoms with Crippen molar-refractivity contribution in [3.8, 4) is 0 Å². The first-order chi connectivity index (χ1) is 6.65. The molecule has 2 aromatic rings. The highest BCUT2D eigenvalue weighted by molar-refractivity contribution is 6.34. The SMILES string of the molecule is CCc1nc2c(Cl)cnn2c(N)c1Cl.[N]. The van der Waals surface area contributed by atoms with E-state index >= 15 is 0 Å². The topological polar surface area (TPSA) is 86.7 Å². The van der Waals surface area contributed by atoms with Gasteiger partial charge in [0.1, 0.15) is 15.9 Å². The van der Waals surface area contributed by atoms with E-state index in [4.69, 9.17) is 28.9 Å². The first kappa shape index (κ1) is 12.0. The summed E-state index contributed by atoms with van der Waals surface area (Å²) in [5.74, 6) is 0.375. The van der Waals surface area contributed by atoms with Crippen LogP contribution in [-0.4, -0.2) is 14.6 Å². The maximum atomic E-state index is 5.99. The smallest absolute Gasteiger partial charge is 0.176 e. The predicted octanol–water partition coefficient (Wildman–Crippen LogP) is 1.70. The zero-order valence-corrected chi connectivity index (χ0v) is 9.42. The Kier molecular flexibility index (Phi) is 3.38. The van der Waals surface area contributed by atoms with Crippen LogP contribution < -0.4 is 11.9 Å². The number of nitrogen functional groups attached to an aromatic ring is 1. The van der Waals surface area contributed by atoms with Crippen molar-refractivity contribution in [1.29, 1.82) is 0 Å². The number of aryl methyl sites for hydroxylation is 1. The Bertz CT molecular complexity index is 493. The first-order valence-electron chi connectivity index (χ1n) is 4.12. The molecule has 0 aliphatic rings. The number of aromatic nitrogens is 3. The third-order valence-electron chi connectivity index (χ3n) is 1.98. The first-order valence-corrected chi connectivity index (χ1v) is 4.87. The van der Waals surface area contributed by atoms with Crippen LogP contribution >= 0.6 is 23.2 Å². The van der Waals surface area contributed by atoms with Gasteiger partial charge < -0.3 is 5.73 Å². The fraction of sp³-hybridized carbons (Fsp3) is 0.250. The molecule has 0 amide bonds. The maximum Gasteiger partial charge on any atom is 0.176 e. The van der Waals surface area contributed by atoms with Crippen LogP contribution in [0.15, 0.2) is 6.20 Å². The minimum absolute atomic E-state index is 0. The molecule has 0 aliphatic carbocycles. The molecule has 2 N–H and O–H groups in total. The monoisotopic (exact) mass is 244 g/mol. The van der Waals surface area contributed by atoms with Gasteiger partial charge in [0.2, 0.25) is 0 Å². The lowest BCUT2D eigenvalue weighted by atomic mass is 10.3. The van der Waals surface area contributed by atoms with Gasteiger partial charge in [-0.1, -0.05) is 30.1 Å². The van der Waals surface area contributed by atoms with Crippen molar-refractivity contribution in [3.63, 3.8) is 0 Å². The van der Waals surface area contributed by atoms with E-state index in [1.165, 1.54) is 10.7 Å². The molecule has 79 valence electrons. The summed E-state index contributed by atoms with van der Waals surface area (Å²) in [6, 6.07) is 0. The molecular formula is C8H8Cl2N5. The van der Waals surface area contributed by atoms with Crippen LogP contribution in [0.5, 0.6) is 0 Å². The van der Waals surface area contributed by atoms with Crippen molar-refractivity contribution >= 4 is 34.7 Å². The summed E-state index contributed by atoms with van der Waals surface area (Å²) in [5, 5.41) is 4.89. The minimum atomic E-state index is 0. The fourth-order valence-electron chi connectivity index (χ4n) is 1.25. The zero-order valence-electron chi connectivity index (χ0n) is 7.91. The van der Waals surface area contributed by atoms with Gasteiger partial charge in [0.05, 0.1) is 11.9 Å². The van der Waals surface area contributed by atoms with Crippen LogP contribution in [0.1, 0.15) is 12.6 Å². The number of hydrogen-bond donors (Lipinski definition) is 1. The van der Waals surface area contributed by atoms with Crippen LogP contribution in [-0.2, 0) is 6.42 Å². The standard InChI is InChI=1S/C8H8Cl2N4.N/c1-2-5-6(10)7(11)14-8(13-5)4(9)3-12-14;/h3H,2,11H2,1H3;. The molecule has 2 aromatic heterocycles. The number of hydrogen-bond acceptors (Lipinski definition) is 3. The Balaban J connectivity index is 0.00000112. The maximum absolute atomic E-state index is 5.99. The van der Waals surface area contributed by atoms with E-state index in [0.29, 0.717) is 27.9 Å². The molecule has 0 saturated carbocycles. The number of anilines is 1. The number of halogens is 2. The molecular weight excluding hydrogens is 237 g/mol. The minimum Gasteiger partial charge on any atom is -0.382 e. The third kappa shape index (κ3) is 1.73. The molecule has 0 fully saturated rings. The molecule has 0 unspecified atom stereocenters. The largest absolute Gasteiger partial charge is 0.382 e. The van der Waals surface area contributed by atoms with E-state index in [0.717, 1.165) is 5.69 Å². The second kappa shape index (κ2) is 4.22. The van der Waals surface area contributed by atoms with Gasteiger partial charge in [-0.25, -0.2) is 4.98 Å². The average molecular weight is 245 g/mol. The van der Waals surface area contributed by atoms with Gasteiger partial charge in [-0.2, -0.15) is 9.61 Å². The zero-order chi connectivity index (χ0) is 10.3. The van der Waals surface area contributed by atoms with Gasteiger partial charge in [0.25, 0.3) is 0 Å². The molecule has 0 bridgehead atoms. The van der Waals surface area contributed by atoms with Crippen LogP contribution in [0.25, 0.3) is 5.65 Å². The number of nitrogens with two attached hydrogens (primary N) is 1. The van der Waals surface area contributed by atoms with Gasteiger partial charge >= 0.3 is 0 Å². The van der Waals surface area contributed by atoms with E-state index in [1.807, 2.05) is 6.92 Å². The Morgan fingerprint density at radius 2 is 2.13 bits per heavy atom. The summed E-state index contributed by atoms with van der Waals surface area (Å²) in [7, 11) is 0. The lowest BCUT2D eigenvalue weighted by molar-refractivity contribution is 0.924. The average Bonchev–Trinajstić information content (AvgIpc) is 2.54. The van der Waals surface area contributed by atoms with Crippen molar-refractivity contribution in [2.75, 3.05) is 5.73 Å². The second-order valence-corrected chi connectivity index (χ2v) is 3.62. The molecule has 0 aliphatic heterocycles. The van der Waals surface area contributed by atoms with Crippen molar-refractivity contribution in [3.05, 3.63) is 21.9 Å². The molecule has 5 nitrogen and oxygen atoms in total. The summed E-state index contributed by atoms with van der Waals surface area (Å²) < 4.78 is 1.43. The van der Waals surface area contributed by atoms with Gasteiger partial charge in [-0.15, -0.1) is 0 Å². The quantitative estimate of drug-likeness (QED) is 0.829. The highest BCUT2D eigenvalue weighted by atomic mass is 35.5. The van der Waals surface area contributed by atoms with Gasteiger partial charge in [0.15, 0.2) is 5.65 Å². The molecule has 15 heavy (non-hydrogen) atoms. The Labute approximate surface area is 96.8 Å². The van der Waals surface area contributed by atoms with E-state index in [9.17, 15) is 0 Å². The van der Waals surface area contributed by atoms with Gasteiger partial charge in [0, 0.05) is 6.15 Å². The van der Waals surface area contributed by atoms with Crippen molar-refractivity contribution in [1.82, 2.24) is 20.7 Å². The Hall–Kier alpha value is -1.04. The normalized spacial score (nSPS) is 10.3. The predicted molar refractivity (Wildman–Crippen MR) is 58.9 cm³/mol. The lowest BCUT2D eigenvalue weighted by Gasteiger charge is -2.05. The summed E-state index contributed by atoms with van der Waals surface area (Å²) in [6.07, 6.45) is 2.21. The molecule has 0 saturated heterocycles. The Morgan fingerprint density at radius 1 is 1.47 bits per heavy atom. The molecule has 0 atom stereocenters. The second-order valence-electron chi connectivity index (χ2n) is 2.84. The van der Waals surface area contributed by atoms with Gasteiger partial charge in [-0.3, -0.25) is 0 Å². The lowest BCUT2D eigenvalue weighted by Crippen LogP contribution is -2.04. The number of fused-ring (bicyclic) bond motifs is 1. The van der Waals surface area contributed by atoms with Crippen LogP contribution in [0.2, 0.25) is 10.0 Å². The van der Waals surface area contributed by atoms with Crippen LogP contribution in [0.4, 0.5) is 5.82 Å². The van der Waals surface area contributed by atoms with E-state index in [2.05, 4.69) is 10.1 Å². The van der Waals surface area contributed by atoms with Crippen molar-refractivity contribution < 1.29 is 0 Å². The van der Waals surface area contributed by atoms with Crippen molar-refractivity contribution in [2.45, 2.75) is 13.3 Å². The molecule has 0 spiro atoms. The fourth-order valence-corrected chi connectivity index (χ4v) is 1.67. The highest BCUT2D eigenvalue weighted by Gasteiger charge is 2.12. The number of nitrogens with zero attached hydrogens (tertiary/aromatic N) is 4. The van der Waals surface area contributed by atoms with Crippen molar-refractivity contribution in [2.24, 2.45) is 0 Å². The molecule has 3 radical (unpaired) electrons. The number of rotatable bonds is 1. The third-order valence-corrected chi connectivity index (χ3v) is 2.66. The molecule has 2 heterocycles. The molecule has 7 heteroatoms. The summed E-state index contributed by atoms with van der Waals surface area (Å²) >= 11 is 11.9. The van der Waals surface area contributed by atoms with Crippen LogP contribution in [0, 0.1) is 0 Å². The van der Waals surface area contributed by atoms with E-state index in [1.54, 1.807) is 0 Å². The summed E-state index contributed by atoms with van der Waals surface area (Å²) in [4.78, 5) is 4.27. The summed E-state index contributed by atoms with van der Waals surface area (Å²) in [6.45, 7) is 1.95. The molecule has 0 aromatic carbocycles. The Morgan fingerprint density at radius 3 is 2.73 bits per heavy atom. The summed E-state index contributed by atoms with van der Waals surface area (Å²) in [5.41, 5.74) is 7.06. The molecule has 2 rings (SSSR count). The van der Waals surface area contributed by atoms with Crippen LogP contribution in [0.3, 0.4) is 0 Å². The van der Waals surface area contributed by atoms with E-state index < -0.39 is 0 Å².